The van der Waals surface area contributed by atoms with Gasteiger partial charge < -0.3 is 9.47 Å². The van der Waals surface area contributed by atoms with Gasteiger partial charge in [-0.25, -0.2) is 17.9 Å². The normalized spacial score (nSPS) is 16.0. The fourth-order valence-corrected chi connectivity index (χ4v) is 5.60. The summed E-state index contributed by atoms with van der Waals surface area (Å²) in [6.07, 6.45) is -1.74. The Labute approximate surface area is 230 Å². The van der Waals surface area contributed by atoms with E-state index in [1.807, 2.05) is 0 Å². The van der Waals surface area contributed by atoms with Crippen LogP contribution < -0.4 is 9.88 Å². The smallest absolute Gasteiger partial charge is 0.417 e. The lowest BCUT2D eigenvalue weighted by Gasteiger charge is -2.23. The molecule has 0 saturated carbocycles. The van der Waals surface area contributed by atoms with Crippen LogP contribution in [0.1, 0.15) is 18.0 Å². The summed E-state index contributed by atoms with van der Waals surface area (Å²) < 4.78 is 122. The van der Waals surface area contributed by atoms with Gasteiger partial charge in [-0.05, 0) is 47.9 Å². The van der Waals surface area contributed by atoms with Crippen LogP contribution in [0.4, 0.5) is 26.3 Å². The molecule has 14 heteroatoms. The monoisotopic (exact) mass is 597 g/mol. The number of sulfonamides is 1. The Morgan fingerprint density at radius 3 is 2.39 bits per heavy atom. The standard InChI is InChI=1S/C27H21F6N3O4S/c28-17-4-1-3-15(11-17)20-8-7-19(16-12-35-36(13-16)18-9-10-39-14-18)23(25(20)40-26(29)30)24-21(27(31,32)33)5-2-6-22(24)41(34,37)38/h1-8,11-13,18,26H,9-10,14H2,(H2,34,37,38). The van der Waals surface area contributed by atoms with E-state index in [0.29, 0.717) is 25.7 Å². The van der Waals surface area contributed by atoms with E-state index >= 15 is 0 Å². The SMILES string of the molecule is NS(=O)(=O)c1cccc(C(F)(F)F)c1-c1c(-c2cnn(C3CCOC3)c2)ccc(-c2cccc(F)c2)c1OC(F)F. The molecule has 1 aliphatic rings. The van der Waals surface area contributed by atoms with Gasteiger partial charge in [0.05, 0.1) is 29.3 Å². The lowest BCUT2D eigenvalue weighted by Crippen LogP contribution is -2.18. The molecule has 0 spiro atoms. The molecular weight excluding hydrogens is 576 g/mol. The first-order valence-corrected chi connectivity index (χ1v) is 13.6. The average molecular weight is 598 g/mol. The number of hydrogen-bond donors (Lipinski definition) is 1. The van der Waals surface area contributed by atoms with Crippen molar-refractivity contribution in [2.45, 2.75) is 30.1 Å². The predicted molar refractivity (Wildman–Crippen MR) is 136 cm³/mol. The molecule has 1 atom stereocenters. The zero-order chi connectivity index (χ0) is 29.5. The highest BCUT2D eigenvalue weighted by Gasteiger charge is 2.39. The Morgan fingerprint density at radius 1 is 1.02 bits per heavy atom. The molecule has 0 aliphatic carbocycles. The van der Waals surface area contributed by atoms with Gasteiger partial charge in [-0.2, -0.15) is 27.1 Å². The third-order valence-electron chi connectivity index (χ3n) is 6.58. The van der Waals surface area contributed by atoms with Gasteiger partial charge in [0.2, 0.25) is 10.0 Å². The Morgan fingerprint density at radius 2 is 1.76 bits per heavy atom. The average Bonchev–Trinajstić information content (AvgIpc) is 3.59. The molecule has 4 aromatic rings. The first kappa shape index (κ1) is 28.6. The molecule has 0 bridgehead atoms. The number of nitrogens with zero attached hydrogens (tertiary/aromatic N) is 2. The highest BCUT2D eigenvalue weighted by atomic mass is 32.2. The largest absolute Gasteiger partial charge is 0.433 e. The van der Waals surface area contributed by atoms with Gasteiger partial charge in [0.15, 0.2) is 0 Å². The molecule has 1 aromatic heterocycles. The lowest BCUT2D eigenvalue weighted by molar-refractivity contribution is -0.137. The van der Waals surface area contributed by atoms with Crippen LogP contribution in [0.2, 0.25) is 0 Å². The summed E-state index contributed by atoms with van der Waals surface area (Å²) in [5.74, 6) is -1.56. The molecule has 5 rings (SSSR count). The van der Waals surface area contributed by atoms with E-state index in [1.165, 1.54) is 41.3 Å². The molecule has 1 aliphatic heterocycles. The van der Waals surface area contributed by atoms with Crippen molar-refractivity contribution in [1.29, 1.82) is 0 Å². The van der Waals surface area contributed by atoms with Crippen LogP contribution in [0.15, 0.2) is 71.9 Å². The van der Waals surface area contributed by atoms with Crippen molar-refractivity contribution < 1.29 is 44.2 Å². The van der Waals surface area contributed by atoms with Gasteiger partial charge in [-0.3, -0.25) is 4.68 Å². The van der Waals surface area contributed by atoms with Crippen LogP contribution in [0.3, 0.4) is 0 Å². The zero-order valence-corrected chi connectivity index (χ0v) is 21.7. The number of primary sulfonamides is 1. The molecule has 0 radical (unpaired) electrons. The van der Waals surface area contributed by atoms with Gasteiger partial charge in [0, 0.05) is 35.1 Å². The summed E-state index contributed by atoms with van der Waals surface area (Å²) in [6.45, 7) is -2.75. The number of hydrogen-bond acceptors (Lipinski definition) is 5. The number of ether oxygens (including phenoxy) is 2. The van der Waals surface area contributed by atoms with Crippen LogP contribution in [0.25, 0.3) is 33.4 Å². The number of nitrogens with two attached hydrogens (primary N) is 1. The third-order valence-corrected chi connectivity index (χ3v) is 7.53. The molecule has 2 heterocycles. The van der Waals surface area contributed by atoms with Crippen molar-refractivity contribution in [2.24, 2.45) is 5.14 Å². The first-order valence-electron chi connectivity index (χ1n) is 12.1. The van der Waals surface area contributed by atoms with E-state index in [-0.39, 0.29) is 28.3 Å². The van der Waals surface area contributed by atoms with E-state index in [4.69, 9.17) is 14.6 Å². The quantitative estimate of drug-likeness (QED) is 0.254. The number of benzene rings is 3. The molecule has 1 fully saturated rings. The number of alkyl halides is 5. The highest BCUT2D eigenvalue weighted by Crippen LogP contribution is 2.51. The topological polar surface area (TPSA) is 96.4 Å². The van der Waals surface area contributed by atoms with Crippen molar-refractivity contribution in [3.05, 3.63) is 78.4 Å². The minimum absolute atomic E-state index is 0.00565. The molecule has 1 saturated heterocycles. The third kappa shape index (κ3) is 5.80. The maximum Gasteiger partial charge on any atom is 0.417 e. The maximum absolute atomic E-state index is 14.4. The van der Waals surface area contributed by atoms with Gasteiger partial charge >= 0.3 is 12.8 Å². The zero-order valence-electron chi connectivity index (χ0n) is 20.9. The molecule has 3 aromatic carbocycles. The summed E-state index contributed by atoms with van der Waals surface area (Å²) in [6, 6.07) is 9.36. The minimum Gasteiger partial charge on any atom is -0.433 e. The molecule has 216 valence electrons. The van der Waals surface area contributed by atoms with E-state index in [0.717, 1.165) is 24.3 Å². The van der Waals surface area contributed by atoms with E-state index in [9.17, 15) is 34.8 Å². The minimum atomic E-state index is -5.14. The fraction of sp³-hybridized carbons (Fsp3) is 0.222. The van der Waals surface area contributed by atoms with Crippen LogP contribution in [-0.4, -0.2) is 38.0 Å². The first-order chi connectivity index (χ1) is 19.3. The van der Waals surface area contributed by atoms with Gasteiger partial charge in [-0.1, -0.05) is 24.3 Å². The number of halogens is 6. The number of rotatable bonds is 7. The van der Waals surface area contributed by atoms with Crippen LogP contribution in [-0.2, 0) is 20.9 Å². The Hall–Kier alpha value is -3.88. The summed E-state index contributed by atoms with van der Waals surface area (Å²) >= 11 is 0. The fourth-order valence-electron chi connectivity index (χ4n) is 4.84. The maximum atomic E-state index is 14.4. The Kier molecular flexibility index (Phi) is 7.57. The molecule has 7 nitrogen and oxygen atoms in total. The predicted octanol–water partition coefficient (Wildman–Crippen LogP) is 6.25. The van der Waals surface area contributed by atoms with E-state index < -0.39 is 56.0 Å². The molecule has 2 N–H and O–H groups in total. The van der Waals surface area contributed by atoms with Gasteiger partial charge in [0.25, 0.3) is 0 Å². The molecule has 41 heavy (non-hydrogen) atoms. The number of aromatic nitrogens is 2. The second-order valence-electron chi connectivity index (χ2n) is 9.20. The van der Waals surface area contributed by atoms with E-state index in [2.05, 4.69) is 5.10 Å². The van der Waals surface area contributed by atoms with Gasteiger partial charge in [-0.15, -0.1) is 0 Å². The van der Waals surface area contributed by atoms with Crippen LogP contribution >= 0.6 is 0 Å². The van der Waals surface area contributed by atoms with Crippen molar-refractivity contribution in [3.8, 4) is 39.1 Å². The van der Waals surface area contributed by atoms with Crippen molar-refractivity contribution >= 4 is 10.0 Å². The summed E-state index contributed by atoms with van der Waals surface area (Å²) in [5, 5.41) is 9.61. The molecular formula is C27H21F6N3O4S. The van der Waals surface area contributed by atoms with Crippen molar-refractivity contribution in [2.75, 3.05) is 13.2 Å². The Bertz CT molecular complexity index is 1700. The van der Waals surface area contributed by atoms with Gasteiger partial charge in [0.1, 0.15) is 11.6 Å². The van der Waals surface area contributed by atoms with Crippen LogP contribution in [0.5, 0.6) is 5.75 Å². The molecule has 0 amide bonds. The second kappa shape index (κ2) is 10.8. The van der Waals surface area contributed by atoms with Crippen molar-refractivity contribution in [1.82, 2.24) is 9.78 Å². The lowest BCUT2D eigenvalue weighted by atomic mass is 9.88. The summed E-state index contributed by atoms with van der Waals surface area (Å²) in [5.41, 5.74) is -3.24. The summed E-state index contributed by atoms with van der Waals surface area (Å²) in [4.78, 5) is -0.972. The molecule has 1 unspecified atom stereocenters. The van der Waals surface area contributed by atoms with Crippen LogP contribution in [0, 0.1) is 5.82 Å². The highest BCUT2D eigenvalue weighted by molar-refractivity contribution is 7.89. The summed E-state index contributed by atoms with van der Waals surface area (Å²) in [7, 11) is -4.84. The second-order valence-corrected chi connectivity index (χ2v) is 10.7. The van der Waals surface area contributed by atoms with Crippen molar-refractivity contribution in [3.63, 3.8) is 0 Å². The van der Waals surface area contributed by atoms with E-state index in [1.54, 1.807) is 0 Å². The Balaban J connectivity index is 1.92.